The minimum atomic E-state index is -0.195. The van der Waals surface area contributed by atoms with Crippen LogP contribution in [0.15, 0.2) is 12.2 Å². The molecule has 2 aliphatic rings. The molecule has 0 aromatic rings. The van der Waals surface area contributed by atoms with Crippen molar-refractivity contribution >= 4 is 11.9 Å². The lowest BCUT2D eigenvalue weighted by atomic mass is 9.90. The second kappa shape index (κ2) is 10.5. The summed E-state index contributed by atoms with van der Waals surface area (Å²) in [6.45, 7) is 1.06. The summed E-state index contributed by atoms with van der Waals surface area (Å²) < 4.78 is 10.6. The Morgan fingerprint density at radius 2 is 1.48 bits per heavy atom. The topological polar surface area (TPSA) is 52.6 Å². The molecule has 0 aliphatic heterocycles. The van der Waals surface area contributed by atoms with Gasteiger partial charge < -0.3 is 9.47 Å². The SMILES string of the molecule is O=C(CCCC(=O)OCC1CCCCC1)OCC1CC=CCC1. The highest BCUT2D eigenvalue weighted by molar-refractivity contribution is 5.72. The summed E-state index contributed by atoms with van der Waals surface area (Å²) in [7, 11) is 0. The van der Waals surface area contributed by atoms with Crippen molar-refractivity contribution in [1.29, 1.82) is 0 Å². The summed E-state index contributed by atoms with van der Waals surface area (Å²) >= 11 is 0. The summed E-state index contributed by atoms with van der Waals surface area (Å²) in [5.74, 6) is 0.632. The molecule has 0 aromatic carbocycles. The van der Waals surface area contributed by atoms with E-state index in [9.17, 15) is 9.59 Å². The zero-order valence-corrected chi connectivity index (χ0v) is 14.1. The van der Waals surface area contributed by atoms with E-state index in [1.54, 1.807) is 0 Å². The van der Waals surface area contributed by atoms with Crippen LogP contribution in [0.3, 0.4) is 0 Å². The molecule has 23 heavy (non-hydrogen) atoms. The van der Waals surface area contributed by atoms with Crippen molar-refractivity contribution in [3.8, 4) is 0 Å². The van der Waals surface area contributed by atoms with Crippen molar-refractivity contribution in [2.24, 2.45) is 11.8 Å². The fourth-order valence-corrected chi connectivity index (χ4v) is 3.30. The van der Waals surface area contributed by atoms with Crippen LogP contribution in [0, 0.1) is 11.8 Å². The standard InChI is InChI=1S/C19H30O4/c20-18(22-14-16-8-3-1-4-9-16)12-7-13-19(21)23-15-17-10-5-2-6-11-17/h1,3,16-17H,2,4-15H2. The zero-order valence-electron chi connectivity index (χ0n) is 14.1. The van der Waals surface area contributed by atoms with Crippen molar-refractivity contribution in [1.82, 2.24) is 0 Å². The maximum atomic E-state index is 11.7. The van der Waals surface area contributed by atoms with Gasteiger partial charge in [-0.1, -0.05) is 31.4 Å². The third kappa shape index (κ3) is 7.67. The van der Waals surface area contributed by atoms with Crippen molar-refractivity contribution in [2.45, 2.75) is 70.6 Å². The van der Waals surface area contributed by atoms with E-state index in [4.69, 9.17) is 9.47 Å². The molecule has 4 heteroatoms. The Balaban J connectivity index is 1.47. The number of ether oxygens (including phenoxy) is 2. The molecule has 0 amide bonds. The molecule has 0 N–H and O–H groups in total. The highest BCUT2D eigenvalue weighted by Gasteiger charge is 2.16. The first kappa shape index (κ1) is 18.0. The van der Waals surface area contributed by atoms with Crippen molar-refractivity contribution in [3.63, 3.8) is 0 Å². The molecule has 130 valence electrons. The van der Waals surface area contributed by atoms with E-state index in [1.165, 1.54) is 32.1 Å². The molecule has 0 radical (unpaired) electrons. The first-order valence-corrected chi connectivity index (χ1v) is 9.20. The van der Waals surface area contributed by atoms with Crippen LogP contribution in [-0.4, -0.2) is 25.2 Å². The fourth-order valence-electron chi connectivity index (χ4n) is 3.30. The van der Waals surface area contributed by atoms with E-state index in [0.29, 0.717) is 44.3 Å². The number of rotatable bonds is 8. The molecule has 1 saturated carbocycles. The van der Waals surface area contributed by atoms with Crippen molar-refractivity contribution in [2.75, 3.05) is 13.2 Å². The van der Waals surface area contributed by atoms with Gasteiger partial charge in [0.1, 0.15) is 0 Å². The Bertz CT molecular complexity index is 396. The van der Waals surface area contributed by atoms with Gasteiger partial charge in [0.15, 0.2) is 0 Å². The number of hydrogen-bond donors (Lipinski definition) is 0. The molecule has 0 aromatic heterocycles. The highest BCUT2D eigenvalue weighted by atomic mass is 16.5. The van der Waals surface area contributed by atoms with Crippen LogP contribution in [0.25, 0.3) is 0 Å². The minimum absolute atomic E-state index is 0.180. The van der Waals surface area contributed by atoms with E-state index in [1.807, 2.05) is 0 Å². The van der Waals surface area contributed by atoms with Gasteiger partial charge in [0.05, 0.1) is 13.2 Å². The summed E-state index contributed by atoms with van der Waals surface area (Å²) in [4.78, 5) is 23.4. The van der Waals surface area contributed by atoms with Crippen molar-refractivity contribution in [3.05, 3.63) is 12.2 Å². The largest absolute Gasteiger partial charge is 0.465 e. The Kier molecular flexibility index (Phi) is 8.19. The summed E-state index contributed by atoms with van der Waals surface area (Å²) in [5.41, 5.74) is 0. The number of hydrogen-bond acceptors (Lipinski definition) is 4. The predicted molar refractivity (Wildman–Crippen MR) is 88.8 cm³/mol. The van der Waals surface area contributed by atoms with E-state index in [2.05, 4.69) is 12.2 Å². The predicted octanol–water partition coefficient (Wildman–Crippen LogP) is 4.18. The van der Waals surface area contributed by atoms with Gasteiger partial charge in [-0.2, -0.15) is 0 Å². The minimum Gasteiger partial charge on any atom is -0.465 e. The van der Waals surface area contributed by atoms with Gasteiger partial charge in [0, 0.05) is 12.8 Å². The molecule has 2 rings (SSSR count). The number of esters is 2. The highest BCUT2D eigenvalue weighted by Crippen LogP contribution is 2.23. The van der Waals surface area contributed by atoms with E-state index in [-0.39, 0.29) is 11.9 Å². The molecule has 1 atom stereocenters. The normalized spacial score (nSPS) is 21.8. The maximum absolute atomic E-state index is 11.7. The van der Waals surface area contributed by atoms with E-state index >= 15 is 0 Å². The quantitative estimate of drug-likeness (QED) is 0.497. The molecule has 1 unspecified atom stereocenters. The van der Waals surface area contributed by atoms with E-state index in [0.717, 1.165) is 19.3 Å². The number of allylic oxidation sites excluding steroid dienone is 2. The van der Waals surface area contributed by atoms with Crippen LogP contribution in [-0.2, 0) is 19.1 Å². The second-order valence-corrected chi connectivity index (χ2v) is 6.87. The van der Waals surface area contributed by atoms with Gasteiger partial charge in [-0.25, -0.2) is 0 Å². The van der Waals surface area contributed by atoms with Gasteiger partial charge in [-0.15, -0.1) is 0 Å². The van der Waals surface area contributed by atoms with Crippen LogP contribution in [0.1, 0.15) is 70.6 Å². The second-order valence-electron chi connectivity index (χ2n) is 6.87. The number of carbonyl (C=O) groups is 2. The van der Waals surface area contributed by atoms with Gasteiger partial charge in [-0.3, -0.25) is 9.59 Å². The third-order valence-corrected chi connectivity index (χ3v) is 4.82. The Morgan fingerprint density at radius 3 is 2.09 bits per heavy atom. The maximum Gasteiger partial charge on any atom is 0.305 e. The van der Waals surface area contributed by atoms with Crippen LogP contribution >= 0.6 is 0 Å². The summed E-state index contributed by atoms with van der Waals surface area (Å²) in [5, 5.41) is 0. The molecule has 0 bridgehead atoms. The average molecular weight is 322 g/mol. The van der Waals surface area contributed by atoms with E-state index < -0.39 is 0 Å². The fraction of sp³-hybridized carbons (Fsp3) is 0.789. The molecule has 0 saturated heterocycles. The third-order valence-electron chi connectivity index (χ3n) is 4.82. The number of carbonyl (C=O) groups excluding carboxylic acids is 2. The van der Waals surface area contributed by atoms with Gasteiger partial charge in [-0.05, 0) is 50.4 Å². The van der Waals surface area contributed by atoms with Crippen LogP contribution in [0.5, 0.6) is 0 Å². The molecular weight excluding hydrogens is 292 g/mol. The first-order valence-electron chi connectivity index (χ1n) is 9.20. The lowest BCUT2D eigenvalue weighted by Crippen LogP contribution is -2.17. The Hall–Kier alpha value is -1.32. The first-order chi connectivity index (χ1) is 11.2. The smallest absolute Gasteiger partial charge is 0.305 e. The zero-order chi connectivity index (χ0) is 16.3. The molecule has 0 heterocycles. The Morgan fingerprint density at radius 1 is 0.826 bits per heavy atom. The van der Waals surface area contributed by atoms with Crippen LogP contribution < -0.4 is 0 Å². The summed E-state index contributed by atoms with van der Waals surface area (Å²) in [6.07, 6.45) is 14.8. The van der Waals surface area contributed by atoms with Gasteiger partial charge >= 0.3 is 11.9 Å². The molecule has 4 nitrogen and oxygen atoms in total. The van der Waals surface area contributed by atoms with Gasteiger partial charge in [0.2, 0.25) is 0 Å². The summed E-state index contributed by atoms with van der Waals surface area (Å²) in [6, 6.07) is 0. The molecule has 2 aliphatic carbocycles. The monoisotopic (exact) mass is 322 g/mol. The molecule has 0 spiro atoms. The van der Waals surface area contributed by atoms with Crippen molar-refractivity contribution < 1.29 is 19.1 Å². The van der Waals surface area contributed by atoms with Crippen LogP contribution in [0.4, 0.5) is 0 Å². The lowest BCUT2D eigenvalue weighted by molar-refractivity contribution is -0.147. The Labute approximate surface area is 139 Å². The average Bonchev–Trinajstić information content (AvgIpc) is 2.60. The lowest BCUT2D eigenvalue weighted by Gasteiger charge is -2.21. The van der Waals surface area contributed by atoms with Gasteiger partial charge in [0.25, 0.3) is 0 Å². The molecular formula is C19H30O4. The van der Waals surface area contributed by atoms with Crippen LogP contribution in [0.2, 0.25) is 0 Å². The molecule has 1 fully saturated rings.